The molecule has 2 N–H and O–H groups in total. The number of likely N-dealkylation sites (tertiary alicyclic amines) is 1. The minimum Gasteiger partial charge on any atom is -0.337 e. The molecule has 0 radical (unpaired) electrons. The molecular formula is C22H34N4O. The maximum absolute atomic E-state index is 12.3. The highest BCUT2D eigenvalue weighted by molar-refractivity contribution is 5.79. The summed E-state index contributed by atoms with van der Waals surface area (Å²) in [4.78, 5) is 14.8. The zero-order chi connectivity index (χ0) is 20.1. The van der Waals surface area contributed by atoms with Gasteiger partial charge < -0.3 is 10.6 Å². The first-order chi connectivity index (χ1) is 12.7. The number of rotatable bonds is 7. The summed E-state index contributed by atoms with van der Waals surface area (Å²) in [7, 11) is 0. The summed E-state index contributed by atoms with van der Waals surface area (Å²) in [6.07, 6.45) is 1.01. The zero-order valence-electron chi connectivity index (χ0n) is 17.4. The minimum atomic E-state index is -0.826. The van der Waals surface area contributed by atoms with E-state index in [-0.39, 0.29) is 29.8 Å². The number of carbonyl (C=O) groups excluding carboxylic acids is 1. The highest BCUT2D eigenvalue weighted by atomic mass is 16.2. The van der Waals surface area contributed by atoms with Crippen LogP contribution >= 0.6 is 0 Å². The van der Waals surface area contributed by atoms with Gasteiger partial charge in [-0.05, 0) is 30.2 Å². The molecule has 2 unspecified atom stereocenters. The Kier molecular flexibility index (Phi) is 7.02. The van der Waals surface area contributed by atoms with Gasteiger partial charge in [-0.25, -0.2) is 0 Å². The average Bonchev–Trinajstić information content (AvgIpc) is 2.61. The van der Waals surface area contributed by atoms with Crippen LogP contribution in [0.1, 0.15) is 46.6 Å². The lowest BCUT2D eigenvalue weighted by Gasteiger charge is -2.44. The van der Waals surface area contributed by atoms with E-state index in [4.69, 9.17) is 0 Å². The van der Waals surface area contributed by atoms with Crippen molar-refractivity contribution in [3.63, 3.8) is 0 Å². The van der Waals surface area contributed by atoms with Crippen LogP contribution in [0.25, 0.3) is 0 Å². The zero-order valence-corrected chi connectivity index (χ0v) is 17.4. The number of piperidine rings is 1. The number of nitriles is 1. The van der Waals surface area contributed by atoms with Crippen molar-refractivity contribution in [3.8, 4) is 6.07 Å². The van der Waals surface area contributed by atoms with Crippen LogP contribution in [-0.4, -0.2) is 42.0 Å². The molecule has 0 spiro atoms. The molecule has 5 nitrogen and oxygen atoms in total. The number of nitrogens with zero attached hydrogens (tertiary/aromatic N) is 2. The quantitative estimate of drug-likeness (QED) is 0.774. The fourth-order valence-corrected chi connectivity index (χ4v) is 3.67. The molecule has 1 amide bonds. The summed E-state index contributed by atoms with van der Waals surface area (Å²) in [5.74, 6) is -0.0561. The molecule has 0 aromatic heterocycles. The predicted octanol–water partition coefficient (Wildman–Crippen LogP) is 2.93. The fourth-order valence-electron chi connectivity index (χ4n) is 3.67. The summed E-state index contributed by atoms with van der Waals surface area (Å²) < 4.78 is 0. The van der Waals surface area contributed by atoms with Crippen molar-refractivity contribution in [1.82, 2.24) is 15.5 Å². The Morgan fingerprint density at radius 2 is 2.04 bits per heavy atom. The molecule has 2 atom stereocenters. The normalized spacial score (nSPS) is 22.0. The summed E-state index contributed by atoms with van der Waals surface area (Å²) in [5.41, 5.74) is 0.584. The number of carbonyl (C=O) groups is 1. The molecule has 27 heavy (non-hydrogen) atoms. The first-order valence-corrected chi connectivity index (χ1v) is 9.88. The van der Waals surface area contributed by atoms with Crippen molar-refractivity contribution in [1.29, 1.82) is 5.26 Å². The predicted molar refractivity (Wildman–Crippen MR) is 109 cm³/mol. The van der Waals surface area contributed by atoms with Gasteiger partial charge in [0.05, 0.1) is 12.6 Å². The van der Waals surface area contributed by atoms with Crippen molar-refractivity contribution >= 4 is 5.91 Å². The van der Waals surface area contributed by atoms with Crippen LogP contribution in [0.4, 0.5) is 0 Å². The van der Waals surface area contributed by atoms with Gasteiger partial charge in [-0.1, -0.05) is 58.0 Å². The van der Waals surface area contributed by atoms with Crippen LogP contribution in [-0.2, 0) is 11.3 Å². The van der Waals surface area contributed by atoms with E-state index in [0.717, 1.165) is 26.1 Å². The van der Waals surface area contributed by atoms with Gasteiger partial charge in [0.2, 0.25) is 5.91 Å². The lowest BCUT2D eigenvalue weighted by molar-refractivity contribution is -0.122. The maximum Gasteiger partial charge on any atom is 0.235 e. The van der Waals surface area contributed by atoms with E-state index in [9.17, 15) is 10.1 Å². The number of amides is 1. The van der Waals surface area contributed by atoms with E-state index in [2.05, 4.69) is 59.7 Å². The lowest BCUT2D eigenvalue weighted by atomic mass is 9.79. The second-order valence-electron chi connectivity index (χ2n) is 8.92. The Morgan fingerprint density at radius 1 is 1.37 bits per heavy atom. The molecule has 1 fully saturated rings. The molecule has 1 aliphatic heterocycles. The third kappa shape index (κ3) is 5.79. The van der Waals surface area contributed by atoms with E-state index >= 15 is 0 Å². The summed E-state index contributed by atoms with van der Waals surface area (Å²) in [6, 6.07) is 13.1. The maximum atomic E-state index is 12.3. The Morgan fingerprint density at radius 3 is 2.59 bits per heavy atom. The highest BCUT2D eigenvalue weighted by Gasteiger charge is 2.36. The van der Waals surface area contributed by atoms with Crippen molar-refractivity contribution in [2.24, 2.45) is 11.3 Å². The molecule has 1 aromatic rings. The molecule has 5 heteroatoms. The van der Waals surface area contributed by atoms with E-state index in [0.29, 0.717) is 0 Å². The molecule has 1 aromatic carbocycles. The second-order valence-corrected chi connectivity index (χ2v) is 8.92. The van der Waals surface area contributed by atoms with Gasteiger partial charge in [0.1, 0.15) is 5.54 Å². The van der Waals surface area contributed by atoms with Crippen LogP contribution in [0.5, 0.6) is 0 Å². The fraction of sp³-hybridized carbons (Fsp3) is 0.636. The van der Waals surface area contributed by atoms with Gasteiger partial charge >= 0.3 is 0 Å². The van der Waals surface area contributed by atoms with Crippen molar-refractivity contribution in [3.05, 3.63) is 35.9 Å². The average molecular weight is 371 g/mol. The van der Waals surface area contributed by atoms with E-state index in [1.807, 2.05) is 19.9 Å². The Labute approximate surface area is 164 Å². The minimum absolute atomic E-state index is 0.0594. The Hall–Kier alpha value is -1.90. The smallest absolute Gasteiger partial charge is 0.235 e. The van der Waals surface area contributed by atoms with Gasteiger partial charge in [-0.2, -0.15) is 5.26 Å². The standard InChI is InChI=1S/C22H34N4O/c1-17(2)22(5,15-23)25-20(27)13-24-19-11-12-26(16-21(19,3)4)14-18-9-7-6-8-10-18/h6-10,17,19,24H,11-14,16H2,1-5H3,(H,25,27). The van der Waals surface area contributed by atoms with Gasteiger partial charge in [0, 0.05) is 25.7 Å². The van der Waals surface area contributed by atoms with Crippen LogP contribution in [0, 0.1) is 22.7 Å². The number of hydrogen-bond acceptors (Lipinski definition) is 4. The Balaban J connectivity index is 1.86. The van der Waals surface area contributed by atoms with Gasteiger partial charge in [-0.15, -0.1) is 0 Å². The van der Waals surface area contributed by atoms with Crippen LogP contribution in [0.2, 0.25) is 0 Å². The molecule has 1 aliphatic rings. The molecule has 1 saturated heterocycles. The van der Waals surface area contributed by atoms with E-state index in [1.165, 1.54) is 5.56 Å². The van der Waals surface area contributed by atoms with Gasteiger partial charge in [0.15, 0.2) is 0 Å². The molecular weight excluding hydrogens is 336 g/mol. The van der Waals surface area contributed by atoms with Crippen molar-refractivity contribution in [2.75, 3.05) is 19.6 Å². The number of benzene rings is 1. The molecule has 148 valence electrons. The van der Waals surface area contributed by atoms with Gasteiger partial charge in [-0.3, -0.25) is 9.69 Å². The topological polar surface area (TPSA) is 68.2 Å². The molecule has 2 rings (SSSR count). The number of nitrogens with one attached hydrogen (secondary N) is 2. The largest absolute Gasteiger partial charge is 0.337 e. The second kappa shape index (κ2) is 8.86. The molecule has 0 saturated carbocycles. The number of hydrogen-bond donors (Lipinski definition) is 2. The molecule has 0 bridgehead atoms. The SMILES string of the molecule is CC(C)C(C)(C#N)NC(=O)CNC1CCN(Cc2ccccc2)CC1(C)C. The first-order valence-electron chi connectivity index (χ1n) is 9.88. The first kappa shape index (κ1) is 21.4. The van der Waals surface area contributed by atoms with E-state index in [1.54, 1.807) is 6.92 Å². The van der Waals surface area contributed by atoms with Crippen LogP contribution in [0.3, 0.4) is 0 Å². The highest BCUT2D eigenvalue weighted by Crippen LogP contribution is 2.30. The van der Waals surface area contributed by atoms with Crippen LogP contribution in [0.15, 0.2) is 30.3 Å². The summed E-state index contributed by atoms with van der Waals surface area (Å²) in [5, 5.41) is 15.7. The van der Waals surface area contributed by atoms with Crippen LogP contribution < -0.4 is 10.6 Å². The third-order valence-corrected chi connectivity index (χ3v) is 5.85. The Bertz CT molecular complexity index is 665. The lowest BCUT2D eigenvalue weighted by Crippen LogP contribution is -2.57. The van der Waals surface area contributed by atoms with Crippen molar-refractivity contribution < 1.29 is 4.79 Å². The van der Waals surface area contributed by atoms with Gasteiger partial charge in [0.25, 0.3) is 0 Å². The molecule has 1 heterocycles. The van der Waals surface area contributed by atoms with Crippen molar-refractivity contribution in [2.45, 2.75) is 59.2 Å². The molecule has 0 aliphatic carbocycles. The van der Waals surface area contributed by atoms with E-state index < -0.39 is 5.54 Å². The monoisotopic (exact) mass is 370 g/mol. The summed E-state index contributed by atoms with van der Waals surface area (Å²) >= 11 is 0. The summed E-state index contributed by atoms with van der Waals surface area (Å²) in [6.45, 7) is 13.4. The third-order valence-electron chi connectivity index (χ3n) is 5.85.